The van der Waals surface area contributed by atoms with E-state index in [-0.39, 0.29) is 0 Å². The number of alkyl halides is 3. The molecule has 0 saturated carbocycles. The van der Waals surface area contributed by atoms with Crippen LogP contribution in [0.2, 0.25) is 0 Å². The summed E-state index contributed by atoms with van der Waals surface area (Å²) in [4.78, 5) is 15.6. The molecule has 0 aliphatic heterocycles. The van der Waals surface area contributed by atoms with Crippen molar-refractivity contribution in [3.05, 3.63) is 95.8 Å². The molecule has 200 valence electrons. The highest BCUT2D eigenvalue weighted by Gasteiger charge is 2.30. The van der Waals surface area contributed by atoms with E-state index >= 15 is 0 Å². The Morgan fingerprint density at radius 3 is 2.53 bits per heavy atom. The van der Waals surface area contributed by atoms with Crippen molar-refractivity contribution in [1.82, 2.24) is 4.98 Å². The average molecular weight is 526 g/mol. The third kappa shape index (κ3) is 7.25. The van der Waals surface area contributed by atoms with Crippen LogP contribution in [0.15, 0.2) is 73.5 Å². The number of halogens is 3. The van der Waals surface area contributed by atoms with Crippen LogP contribution in [0, 0.1) is 0 Å². The smallest absolute Gasteiger partial charge is 0.416 e. The number of pyridine rings is 1. The van der Waals surface area contributed by atoms with Crippen LogP contribution in [0.3, 0.4) is 0 Å². The van der Waals surface area contributed by atoms with Crippen LogP contribution in [-0.2, 0) is 17.4 Å². The first-order valence-electron chi connectivity index (χ1n) is 12.2. The van der Waals surface area contributed by atoms with E-state index in [1.54, 1.807) is 24.4 Å². The lowest BCUT2D eigenvalue weighted by Crippen LogP contribution is -2.13. The Morgan fingerprint density at radius 1 is 1.18 bits per heavy atom. The largest absolute Gasteiger partial charge is 0.493 e. The molecule has 0 bridgehead atoms. The van der Waals surface area contributed by atoms with Crippen molar-refractivity contribution in [3.8, 4) is 22.6 Å². The van der Waals surface area contributed by atoms with Crippen LogP contribution >= 0.6 is 0 Å². The zero-order valence-electron chi connectivity index (χ0n) is 21.3. The molecule has 1 N–H and O–H groups in total. The van der Waals surface area contributed by atoms with Crippen LogP contribution < -0.4 is 9.47 Å². The molecule has 0 aliphatic rings. The Balaban J connectivity index is 2.08. The lowest BCUT2D eigenvalue weighted by atomic mass is 9.97. The van der Waals surface area contributed by atoms with Gasteiger partial charge >= 0.3 is 12.1 Å². The van der Waals surface area contributed by atoms with Gasteiger partial charge in [0, 0.05) is 23.4 Å². The highest BCUT2D eigenvalue weighted by atomic mass is 19.4. The fourth-order valence-electron chi connectivity index (χ4n) is 4.08. The molecule has 0 aliphatic carbocycles. The topological polar surface area (TPSA) is 68.7 Å². The number of ether oxygens (including phenoxy) is 2. The standard InChI is InChI=1S/C30H30F3NO4/c1-4-6-10-25(28-24(9-7-17-34-28)21-12-14-23(15-13-21)30(31,32)33)38-29-22(8-5-2)18-20(11-16-27(35)36)19-26(29)37-3/h5,7,9,11-19,25H,2,4,6,8,10H2,1,3H3,(H,35,36)/b16-11+. The molecule has 0 fully saturated rings. The maximum Gasteiger partial charge on any atom is 0.416 e. The molecule has 38 heavy (non-hydrogen) atoms. The molecule has 1 aromatic heterocycles. The van der Waals surface area contributed by atoms with Crippen LogP contribution in [-0.4, -0.2) is 23.2 Å². The Labute approximate surface area is 220 Å². The molecule has 1 unspecified atom stereocenters. The zero-order chi connectivity index (χ0) is 27.7. The number of benzene rings is 2. The van der Waals surface area contributed by atoms with E-state index in [0.717, 1.165) is 36.6 Å². The first-order valence-corrected chi connectivity index (χ1v) is 12.2. The second kappa shape index (κ2) is 12.9. The molecule has 3 rings (SSSR count). The molecule has 3 aromatic rings. The van der Waals surface area contributed by atoms with Crippen LogP contribution in [0.1, 0.15) is 54.7 Å². The minimum Gasteiger partial charge on any atom is -0.493 e. The van der Waals surface area contributed by atoms with Gasteiger partial charge in [0.05, 0.1) is 18.4 Å². The normalized spacial score (nSPS) is 12.3. The summed E-state index contributed by atoms with van der Waals surface area (Å²) >= 11 is 0. The number of aliphatic carboxylic acids is 1. The number of hydrogen-bond donors (Lipinski definition) is 1. The summed E-state index contributed by atoms with van der Waals surface area (Å²) in [5.41, 5.74) is 2.52. The van der Waals surface area contributed by atoms with Gasteiger partial charge in [-0.05, 0) is 66.8 Å². The zero-order valence-corrected chi connectivity index (χ0v) is 21.3. The van der Waals surface area contributed by atoms with Gasteiger partial charge in [0.1, 0.15) is 6.10 Å². The molecule has 0 radical (unpaired) electrons. The van der Waals surface area contributed by atoms with E-state index in [9.17, 15) is 18.0 Å². The number of methoxy groups -OCH3 is 1. The second-order valence-electron chi connectivity index (χ2n) is 8.64. The first kappa shape index (κ1) is 28.5. The van der Waals surface area contributed by atoms with Gasteiger partial charge in [-0.25, -0.2) is 4.79 Å². The monoisotopic (exact) mass is 525 g/mol. The average Bonchev–Trinajstić information content (AvgIpc) is 2.90. The van der Waals surface area contributed by atoms with E-state index in [0.29, 0.717) is 46.7 Å². The number of allylic oxidation sites excluding steroid dienone is 1. The summed E-state index contributed by atoms with van der Waals surface area (Å²) in [6.07, 6.45) is 3.68. The van der Waals surface area contributed by atoms with Gasteiger partial charge in [-0.2, -0.15) is 13.2 Å². The van der Waals surface area contributed by atoms with Crippen LogP contribution in [0.25, 0.3) is 17.2 Å². The van der Waals surface area contributed by atoms with Crippen molar-refractivity contribution in [3.63, 3.8) is 0 Å². The summed E-state index contributed by atoms with van der Waals surface area (Å²) < 4.78 is 51.5. The first-order chi connectivity index (χ1) is 18.2. The second-order valence-corrected chi connectivity index (χ2v) is 8.64. The predicted octanol–water partition coefficient (Wildman–Crippen LogP) is 7.91. The summed E-state index contributed by atoms with van der Waals surface area (Å²) in [5, 5.41) is 9.01. The number of unbranched alkanes of at least 4 members (excludes halogenated alkanes) is 1. The molecule has 1 atom stereocenters. The number of hydrogen-bond acceptors (Lipinski definition) is 4. The van der Waals surface area contributed by atoms with E-state index in [4.69, 9.17) is 14.6 Å². The highest BCUT2D eigenvalue weighted by molar-refractivity contribution is 5.85. The minimum absolute atomic E-state index is 0.419. The van der Waals surface area contributed by atoms with Crippen molar-refractivity contribution < 1.29 is 32.5 Å². The van der Waals surface area contributed by atoms with Gasteiger partial charge in [0.2, 0.25) is 0 Å². The van der Waals surface area contributed by atoms with Crippen molar-refractivity contribution in [2.24, 2.45) is 0 Å². The molecule has 0 spiro atoms. The molecule has 5 nitrogen and oxygen atoms in total. The number of aromatic nitrogens is 1. The molecule has 2 aromatic carbocycles. The number of carboxylic acid groups (broad SMARTS) is 1. The quantitative estimate of drug-likeness (QED) is 0.192. The maximum atomic E-state index is 13.1. The van der Waals surface area contributed by atoms with Gasteiger partial charge < -0.3 is 14.6 Å². The Hall–Kier alpha value is -4.07. The molecular formula is C30H30F3NO4. The number of carbonyl (C=O) groups is 1. The fraction of sp³-hybridized carbons (Fsp3) is 0.267. The fourth-order valence-corrected chi connectivity index (χ4v) is 4.08. The third-order valence-corrected chi connectivity index (χ3v) is 5.90. The summed E-state index contributed by atoms with van der Waals surface area (Å²) in [7, 11) is 1.50. The Morgan fingerprint density at radius 2 is 1.92 bits per heavy atom. The summed E-state index contributed by atoms with van der Waals surface area (Å²) in [6, 6.07) is 12.0. The van der Waals surface area contributed by atoms with E-state index in [1.165, 1.54) is 25.3 Å². The van der Waals surface area contributed by atoms with Crippen molar-refractivity contribution in [2.75, 3.05) is 7.11 Å². The van der Waals surface area contributed by atoms with Crippen molar-refractivity contribution in [1.29, 1.82) is 0 Å². The lowest BCUT2D eigenvalue weighted by Gasteiger charge is -2.24. The SMILES string of the molecule is C=CCc1cc(/C=C/C(=O)O)cc(OC)c1OC(CCCC)c1ncccc1-c1ccc(C(F)(F)F)cc1. The lowest BCUT2D eigenvalue weighted by molar-refractivity contribution is -0.137. The molecular weight excluding hydrogens is 495 g/mol. The Bertz CT molecular complexity index is 1280. The molecule has 8 heteroatoms. The van der Waals surface area contributed by atoms with Gasteiger partial charge in [0.15, 0.2) is 11.5 Å². The molecule has 0 amide bonds. The summed E-state index contributed by atoms with van der Waals surface area (Å²) in [6.45, 7) is 5.88. The predicted molar refractivity (Wildman–Crippen MR) is 141 cm³/mol. The van der Waals surface area contributed by atoms with Crippen molar-refractivity contribution in [2.45, 2.75) is 44.9 Å². The molecule has 0 saturated heterocycles. The maximum absolute atomic E-state index is 13.1. The van der Waals surface area contributed by atoms with E-state index in [2.05, 4.69) is 18.5 Å². The molecule has 1 heterocycles. The Kier molecular flexibility index (Phi) is 9.71. The van der Waals surface area contributed by atoms with Gasteiger partial charge in [0.25, 0.3) is 0 Å². The third-order valence-electron chi connectivity index (χ3n) is 5.90. The van der Waals surface area contributed by atoms with Gasteiger partial charge in [-0.1, -0.05) is 37.6 Å². The van der Waals surface area contributed by atoms with Gasteiger partial charge in [-0.15, -0.1) is 6.58 Å². The minimum atomic E-state index is -4.42. The van der Waals surface area contributed by atoms with Gasteiger partial charge in [-0.3, -0.25) is 4.98 Å². The van der Waals surface area contributed by atoms with Crippen molar-refractivity contribution >= 4 is 12.0 Å². The number of carboxylic acids is 1. The van der Waals surface area contributed by atoms with E-state index < -0.39 is 23.8 Å². The van der Waals surface area contributed by atoms with E-state index in [1.807, 2.05) is 12.1 Å². The highest BCUT2D eigenvalue weighted by Crippen LogP contribution is 2.40. The number of rotatable bonds is 12. The summed E-state index contributed by atoms with van der Waals surface area (Å²) in [5.74, 6) is -0.173. The van der Waals surface area contributed by atoms with Crippen LogP contribution in [0.5, 0.6) is 11.5 Å². The number of nitrogens with zero attached hydrogens (tertiary/aromatic N) is 1. The van der Waals surface area contributed by atoms with Crippen LogP contribution in [0.4, 0.5) is 13.2 Å².